The number of ether oxygens (including phenoxy) is 3. The lowest BCUT2D eigenvalue weighted by Gasteiger charge is -2.18. The van der Waals surface area contributed by atoms with Gasteiger partial charge in [0.05, 0.1) is 0 Å². The van der Waals surface area contributed by atoms with E-state index < -0.39 is 6.10 Å². The summed E-state index contributed by atoms with van der Waals surface area (Å²) in [4.78, 5) is 38.1. The molecule has 0 bridgehead atoms. The second kappa shape index (κ2) is 53.4. The second-order valence-corrected chi connectivity index (χ2v) is 20.8. The average Bonchev–Trinajstić information content (AvgIpc) is 3.29. The maximum Gasteiger partial charge on any atom is 0.306 e. The summed E-state index contributed by atoms with van der Waals surface area (Å²) in [6.45, 7) is 9.01. The molecule has 0 aliphatic carbocycles. The molecule has 0 aromatic carbocycles. The minimum Gasteiger partial charge on any atom is -0.462 e. The van der Waals surface area contributed by atoms with Crippen molar-refractivity contribution in [2.24, 2.45) is 5.92 Å². The van der Waals surface area contributed by atoms with E-state index in [0.717, 1.165) is 63.7 Å². The Balaban J connectivity index is 4.22. The smallest absolute Gasteiger partial charge is 0.306 e. The lowest BCUT2D eigenvalue weighted by molar-refractivity contribution is -0.167. The minimum atomic E-state index is -0.762. The molecule has 0 saturated heterocycles. The highest BCUT2D eigenvalue weighted by atomic mass is 16.6. The molecule has 0 aromatic heterocycles. The van der Waals surface area contributed by atoms with Crippen LogP contribution in [0.15, 0.2) is 0 Å². The largest absolute Gasteiger partial charge is 0.462 e. The zero-order chi connectivity index (χ0) is 47.4. The molecule has 0 saturated carbocycles. The minimum absolute atomic E-state index is 0.0626. The fraction of sp³-hybridized carbons (Fsp3) is 0.949. The van der Waals surface area contributed by atoms with E-state index in [0.29, 0.717) is 19.3 Å². The van der Waals surface area contributed by atoms with Gasteiger partial charge >= 0.3 is 17.9 Å². The van der Waals surface area contributed by atoms with Gasteiger partial charge < -0.3 is 14.2 Å². The zero-order valence-corrected chi connectivity index (χ0v) is 44.5. The number of carbonyl (C=O) groups is 3. The van der Waals surface area contributed by atoms with Crippen LogP contribution in [0.5, 0.6) is 0 Å². The summed E-state index contributed by atoms with van der Waals surface area (Å²) < 4.78 is 16.9. The molecule has 0 rings (SSSR count). The standard InChI is InChI=1S/C59H114O6/c1-5-7-9-11-13-15-17-19-21-23-25-27-28-30-32-34-38-42-46-50-57(60)63-53-56(54-64-58(61)51-47-43-40-36-37-41-45-49-55(3)4)65-59(62)52-48-44-39-35-33-31-29-26-24-22-20-18-16-14-12-10-8-6-2/h55-56H,5-54H2,1-4H3/t56-/m1/s1. The monoisotopic (exact) mass is 919 g/mol. The van der Waals surface area contributed by atoms with Gasteiger partial charge in [0.1, 0.15) is 13.2 Å². The molecule has 0 amide bonds. The summed E-state index contributed by atoms with van der Waals surface area (Å²) in [6.07, 6.45) is 58.3. The molecule has 0 radical (unpaired) electrons. The molecule has 0 heterocycles. The molecular formula is C59H114O6. The number of hydrogen-bond donors (Lipinski definition) is 0. The summed E-state index contributed by atoms with van der Waals surface area (Å²) in [5.41, 5.74) is 0. The highest BCUT2D eigenvalue weighted by Gasteiger charge is 2.19. The number of rotatable bonds is 54. The van der Waals surface area contributed by atoms with Crippen LogP contribution in [0.4, 0.5) is 0 Å². The number of hydrogen-bond acceptors (Lipinski definition) is 6. The summed E-state index contributed by atoms with van der Waals surface area (Å²) in [7, 11) is 0. The molecule has 6 heteroatoms. The van der Waals surface area contributed by atoms with Crippen LogP contribution in [0.3, 0.4) is 0 Å². The van der Waals surface area contributed by atoms with Gasteiger partial charge in [-0.1, -0.05) is 297 Å². The SMILES string of the molecule is CCCCCCCCCCCCCCCCCCCCCC(=O)OC[C@H](COC(=O)CCCCCCCCCC(C)C)OC(=O)CCCCCCCCCCCCCCCCCCCC. The van der Waals surface area contributed by atoms with Crippen molar-refractivity contribution in [1.29, 1.82) is 0 Å². The predicted molar refractivity (Wildman–Crippen MR) is 280 cm³/mol. The first-order valence-electron chi connectivity index (χ1n) is 29.4. The van der Waals surface area contributed by atoms with E-state index >= 15 is 0 Å². The number of carbonyl (C=O) groups excluding carboxylic acids is 3. The van der Waals surface area contributed by atoms with E-state index in [2.05, 4.69) is 27.7 Å². The van der Waals surface area contributed by atoms with Crippen molar-refractivity contribution in [3.05, 3.63) is 0 Å². The van der Waals surface area contributed by atoms with E-state index in [-0.39, 0.29) is 31.1 Å². The van der Waals surface area contributed by atoms with Crippen LogP contribution in [0, 0.1) is 5.92 Å². The summed E-state index contributed by atoms with van der Waals surface area (Å²) in [5, 5.41) is 0. The molecular weight excluding hydrogens is 805 g/mol. The Kier molecular flexibility index (Phi) is 52.1. The van der Waals surface area contributed by atoms with Gasteiger partial charge in [0.25, 0.3) is 0 Å². The molecule has 386 valence electrons. The Morgan fingerprint density at radius 1 is 0.292 bits per heavy atom. The van der Waals surface area contributed by atoms with Crippen molar-refractivity contribution < 1.29 is 28.6 Å². The van der Waals surface area contributed by atoms with Crippen molar-refractivity contribution in [3.63, 3.8) is 0 Å². The van der Waals surface area contributed by atoms with Gasteiger partial charge in [0.15, 0.2) is 6.10 Å². The molecule has 0 unspecified atom stereocenters. The van der Waals surface area contributed by atoms with Crippen molar-refractivity contribution in [2.75, 3.05) is 13.2 Å². The summed E-state index contributed by atoms with van der Waals surface area (Å²) in [6, 6.07) is 0. The first-order valence-corrected chi connectivity index (χ1v) is 29.4. The van der Waals surface area contributed by atoms with Crippen molar-refractivity contribution >= 4 is 17.9 Å². The predicted octanol–water partition coefficient (Wildman–Crippen LogP) is 19.4. The zero-order valence-electron chi connectivity index (χ0n) is 44.5. The Morgan fingerprint density at radius 2 is 0.508 bits per heavy atom. The van der Waals surface area contributed by atoms with Crippen LogP contribution in [0.25, 0.3) is 0 Å². The first kappa shape index (κ1) is 63.4. The number of unbranched alkanes of at least 4 members (excludes halogenated alkanes) is 41. The molecule has 0 aliphatic rings. The molecule has 6 nitrogen and oxygen atoms in total. The van der Waals surface area contributed by atoms with Crippen LogP contribution < -0.4 is 0 Å². The van der Waals surface area contributed by atoms with E-state index in [9.17, 15) is 14.4 Å². The summed E-state index contributed by atoms with van der Waals surface area (Å²) in [5.74, 6) is -0.0578. The molecule has 0 aliphatic heterocycles. The van der Waals surface area contributed by atoms with Crippen molar-refractivity contribution in [2.45, 2.75) is 342 Å². The van der Waals surface area contributed by atoms with Gasteiger partial charge in [-0.25, -0.2) is 0 Å². The van der Waals surface area contributed by atoms with Crippen molar-refractivity contribution in [1.82, 2.24) is 0 Å². The van der Waals surface area contributed by atoms with Gasteiger partial charge in [-0.3, -0.25) is 14.4 Å². The third kappa shape index (κ3) is 53.2. The van der Waals surface area contributed by atoms with Crippen molar-refractivity contribution in [3.8, 4) is 0 Å². The summed E-state index contributed by atoms with van der Waals surface area (Å²) >= 11 is 0. The normalized spacial score (nSPS) is 12.0. The van der Waals surface area contributed by atoms with E-state index in [1.807, 2.05) is 0 Å². The van der Waals surface area contributed by atoms with E-state index in [4.69, 9.17) is 14.2 Å². The number of esters is 3. The third-order valence-electron chi connectivity index (χ3n) is 13.5. The molecule has 1 atom stereocenters. The van der Waals surface area contributed by atoms with Gasteiger partial charge in [0.2, 0.25) is 0 Å². The van der Waals surface area contributed by atoms with Gasteiger partial charge in [-0.05, 0) is 25.2 Å². The maximum atomic E-state index is 12.8. The van der Waals surface area contributed by atoms with Gasteiger partial charge in [-0.2, -0.15) is 0 Å². The van der Waals surface area contributed by atoms with Gasteiger partial charge in [-0.15, -0.1) is 0 Å². The molecule has 65 heavy (non-hydrogen) atoms. The Morgan fingerprint density at radius 3 is 0.754 bits per heavy atom. The molecule has 0 N–H and O–H groups in total. The quantitative estimate of drug-likeness (QED) is 0.0344. The lowest BCUT2D eigenvalue weighted by atomic mass is 10.0. The molecule has 0 aromatic rings. The first-order chi connectivity index (χ1) is 31.9. The Hall–Kier alpha value is -1.59. The fourth-order valence-electron chi connectivity index (χ4n) is 9.10. The van der Waals surface area contributed by atoms with Crippen LogP contribution in [0.1, 0.15) is 336 Å². The molecule has 0 fully saturated rings. The third-order valence-corrected chi connectivity index (χ3v) is 13.5. The van der Waals surface area contributed by atoms with Crippen LogP contribution in [-0.4, -0.2) is 37.2 Å². The Bertz CT molecular complexity index is 980. The highest BCUT2D eigenvalue weighted by molar-refractivity contribution is 5.71. The highest BCUT2D eigenvalue weighted by Crippen LogP contribution is 2.18. The second-order valence-electron chi connectivity index (χ2n) is 20.8. The lowest BCUT2D eigenvalue weighted by Crippen LogP contribution is -2.30. The fourth-order valence-corrected chi connectivity index (χ4v) is 9.10. The Labute approximate surface area is 406 Å². The average molecular weight is 920 g/mol. The van der Waals surface area contributed by atoms with Crippen LogP contribution in [-0.2, 0) is 28.6 Å². The topological polar surface area (TPSA) is 78.9 Å². The van der Waals surface area contributed by atoms with Crippen LogP contribution >= 0.6 is 0 Å². The maximum absolute atomic E-state index is 12.8. The van der Waals surface area contributed by atoms with Crippen LogP contribution in [0.2, 0.25) is 0 Å². The molecule has 0 spiro atoms. The van der Waals surface area contributed by atoms with Gasteiger partial charge in [0, 0.05) is 19.3 Å². The van der Waals surface area contributed by atoms with E-state index in [1.165, 1.54) is 231 Å². The van der Waals surface area contributed by atoms with E-state index in [1.54, 1.807) is 0 Å².